The number of halogens is 1. The van der Waals surface area contributed by atoms with Crippen LogP contribution in [-0.4, -0.2) is 35.5 Å². The number of amides is 1. The Morgan fingerprint density at radius 3 is 2.71 bits per heavy atom. The highest BCUT2D eigenvalue weighted by atomic mass is 19.1. The molecule has 3 fully saturated rings. The third kappa shape index (κ3) is 2.60. The molecule has 24 heavy (non-hydrogen) atoms. The number of carbonyl (C=O) groups excluding carboxylic acids is 1. The number of rotatable bonds is 2. The van der Waals surface area contributed by atoms with Crippen LogP contribution in [0.15, 0.2) is 24.3 Å². The Kier molecular flexibility index (Phi) is 3.81. The van der Waals surface area contributed by atoms with Crippen LogP contribution in [0.3, 0.4) is 0 Å². The Balaban J connectivity index is 1.54. The van der Waals surface area contributed by atoms with Gasteiger partial charge in [-0.25, -0.2) is 4.39 Å². The summed E-state index contributed by atoms with van der Waals surface area (Å²) in [7, 11) is 0. The van der Waals surface area contributed by atoms with Crippen LogP contribution in [0.1, 0.15) is 46.0 Å². The number of benzene rings is 1. The highest BCUT2D eigenvalue weighted by Gasteiger charge is 2.49. The molecule has 1 aromatic carbocycles. The van der Waals surface area contributed by atoms with Crippen molar-refractivity contribution in [3.05, 3.63) is 30.1 Å². The maximum atomic E-state index is 13.7. The van der Waals surface area contributed by atoms with Gasteiger partial charge >= 0.3 is 0 Å². The molecule has 4 rings (SSSR count). The zero-order valence-electron chi connectivity index (χ0n) is 14.7. The van der Waals surface area contributed by atoms with Gasteiger partial charge in [-0.05, 0) is 63.6 Å². The first-order chi connectivity index (χ1) is 11.5. The number of nitrogens with zero attached hydrogens (tertiary/aromatic N) is 2. The van der Waals surface area contributed by atoms with E-state index in [-0.39, 0.29) is 17.3 Å². The van der Waals surface area contributed by atoms with Crippen LogP contribution in [0.4, 0.5) is 10.1 Å². The van der Waals surface area contributed by atoms with Gasteiger partial charge in [0.05, 0.1) is 0 Å². The van der Waals surface area contributed by atoms with E-state index in [0.717, 1.165) is 44.5 Å². The lowest BCUT2D eigenvalue weighted by molar-refractivity contribution is -0.140. The van der Waals surface area contributed by atoms with Gasteiger partial charge in [-0.3, -0.25) is 4.79 Å². The molecule has 0 bridgehead atoms. The Morgan fingerprint density at radius 2 is 2.04 bits per heavy atom. The number of likely N-dealkylation sites (tertiary alicyclic amines) is 1. The average Bonchev–Trinajstić information content (AvgIpc) is 2.74. The van der Waals surface area contributed by atoms with Crippen molar-refractivity contribution in [2.24, 2.45) is 11.8 Å². The normalized spacial score (nSPS) is 29.3. The lowest BCUT2D eigenvalue weighted by atomic mass is 9.83. The highest BCUT2D eigenvalue weighted by Crippen LogP contribution is 2.45. The van der Waals surface area contributed by atoms with Crippen LogP contribution in [0, 0.1) is 17.7 Å². The van der Waals surface area contributed by atoms with Crippen molar-refractivity contribution >= 4 is 11.6 Å². The topological polar surface area (TPSA) is 23.6 Å². The van der Waals surface area contributed by atoms with E-state index < -0.39 is 0 Å². The second-order valence-electron chi connectivity index (χ2n) is 8.39. The molecule has 0 radical (unpaired) electrons. The third-order valence-electron chi connectivity index (χ3n) is 6.29. The maximum Gasteiger partial charge on any atom is 0.225 e. The van der Waals surface area contributed by atoms with Crippen molar-refractivity contribution in [1.29, 1.82) is 0 Å². The quantitative estimate of drug-likeness (QED) is 0.823. The van der Waals surface area contributed by atoms with Crippen LogP contribution in [0.25, 0.3) is 0 Å². The van der Waals surface area contributed by atoms with Gasteiger partial charge in [0, 0.05) is 36.3 Å². The molecule has 3 aliphatic rings. The van der Waals surface area contributed by atoms with Crippen LogP contribution < -0.4 is 4.90 Å². The molecular formula is C20H27FN2O. The fourth-order valence-electron chi connectivity index (χ4n) is 5.03. The first-order valence-electron chi connectivity index (χ1n) is 9.29. The van der Waals surface area contributed by atoms with Gasteiger partial charge in [-0.15, -0.1) is 0 Å². The number of fused-ring (bicyclic) bond motifs is 1. The van der Waals surface area contributed by atoms with Crippen LogP contribution in [-0.2, 0) is 4.79 Å². The van der Waals surface area contributed by atoms with E-state index in [1.165, 1.54) is 12.5 Å². The highest BCUT2D eigenvalue weighted by molar-refractivity contribution is 5.79. The zero-order valence-corrected chi connectivity index (χ0v) is 14.7. The van der Waals surface area contributed by atoms with E-state index >= 15 is 0 Å². The molecule has 2 atom stereocenters. The Hall–Kier alpha value is -1.58. The van der Waals surface area contributed by atoms with E-state index in [1.807, 2.05) is 6.07 Å². The van der Waals surface area contributed by atoms with Crippen molar-refractivity contribution in [2.75, 3.05) is 18.0 Å². The first kappa shape index (κ1) is 15.9. The van der Waals surface area contributed by atoms with E-state index in [2.05, 4.69) is 23.6 Å². The van der Waals surface area contributed by atoms with Gasteiger partial charge in [0.25, 0.3) is 0 Å². The van der Waals surface area contributed by atoms with Crippen molar-refractivity contribution in [1.82, 2.24) is 4.90 Å². The minimum atomic E-state index is -0.177. The van der Waals surface area contributed by atoms with Gasteiger partial charge in [-0.1, -0.05) is 12.5 Å². The van der Waals surface area contributed by atoms with E-state index in [1.54, 1.807) is 12.1 Å². The summed E-state index contributed by atoms with van der Waals surface area (Å²) in [5.41, 5.74) is 0.977. The fraction of sp³-hybridized carbons (Fsp3) is 0.650. The van der Waals surface area contributed by atoms with Crippen molar-refractivity contribution in [3.8, 4) is 0 Å². The minimum absolute atomic E-state index is 0.00134. The van der Waals surface area contributed by atoms with Crippen LogP contribution in [0.2, 0.25) is 0 Å². The second-order valence-corrected chi connectivity index (χ2v) is 8.39. The molecule has 1 saturated carbocycles. The molecular weight excluding hydrogens is 303 g/mol. The number of piperidine rings is 1. The third-order valence-corrected chi connectivity index (χ3v) is 6.29. The first-order valence-corrected chi connectivity index (χ1v) is 9.29. The number of carbonyl (C=O) groups is 1. The molecule has 130 valence electrons. The monoisotopic (exact) mass is 330 g/mol. The Labute approximate surface area is 143 Å². The summed E-state index contributed by atoms with van der Waals surface area (Å²) in [6, 6.07) is 7.37. The van der Waals surface area contributed by atoms with Crippen LogP contribution >= 0.6 is 0 Å². The van der Waals surface area contributed by atoms with Gasteiger partial charge in [-0.2, -0.15) is 0 Å². The predicted octanol–water partition coefficient (Wildman–Crippen LogP) is 3.83. The Bertz CT molecular complexity index is 640. The molecule has 2 saturated heterocycles. The number of anilines is 1. The second kappa shape index (κ2) is 5.75. The summed E-state index contributed by atoms with van der Waals surface area (Å²) in [4.78, 5) is 17.1. The summed E-state index contributed by atoms with van der Waals surface area (Å²) in [6.07, 6.45) is 5.40. The molecule has 2 heterocycles. The molecule has 0 unspecified atom stereocenters. The maximum absolute atomic E-state index is 13.7. The molecule has 3 nitrogen and oxygen atoms in total. The van der Waals surface area contributed by atoms with Crippen molar-refractivity contribution in [3.63, 3.8) is 0 Å². The lowest BCUT2D eigenvalue weighted by Gasteiger charge is -2.43. The summed E-state index contributed by atoms with van der Waals surface area (Å²) < 4.78 is 13.7. The average molecular weight is 330 g/mol. The van der Waals surface area contributed by atoms with E-state index in [4.69, 9.17) is 0 Å². The fourth-order valence-corrected chi connectivity index (χ4v) is 5.03. The largest absolute Gasteiger partial charge is 0.363 e. The minimum Gasteiger partial charge on any atom is -0.363 e. The summed E-state index contributed by atoms with van der Waals surface area (Å²) >= 11 is 0. The zero-order chi connectivity index (χ0) is 16.9. The lowest BCUT2D eigenvalue weighted by Crippen LogP contribution is -2.51. The van der Waals surface area contributed by atoms with Crippen molar-refractivity contribution in [2.45, 2.75) is 57.5 Å². The molecule has 0 N–H and O–H groups in total. The molecule has 1 aromatic rings. The molecule has 4 heteroatoms. The van der Waals surface area contributed by atoms with Gasteiger partial charge < -0.3 is 9.80 Å². The molecule has 2 aliphatic heterocycles. The standard InChI is InChI=1S/C20H27FN2O/c1-20(2)12-15-13-22(19(24)14-5-3-6-14)10-9-18(15)23(20)17-8-4-7-16(21)11-17/h4,7-8,11,14-15,18H,3,5-6,9-10,12-13H2,1-2H3/t15-,18+/m1/s1. The van der Waals surface area contributed by atoms with Gasteiger partial charge in [0.1, 0.15) is 5.82 Å². The SMILES string of the molecule is CC1(C)C[C@@H]2CN(C(=O)C3CCC3)CC[C@@H]2N1c1cccc(F)c1. The van der Waals surface area contributed by atoms with Gasteiger partial charge in [0.2, 0.25) is 5.91 Å². The summed E-state index contributed by atoms with van der Waals surface area (Å²) in [6.45, 7) is 6.20. The van der Waals surface area contributed by atoms with Crippen molar-refractivity contribution < 1.29 is 9.18 Å². The van der Waals surface area contributed by atoms with E-state index in [9.17, 15) is 9.18 Å². The molecule has 1 amide bonds. The predicted molar refractivity (Wildman–Crippen MR) is 93.4 cm³/mol. The summed E-state index contributed by atoms with van der Waals surface area (Å²) in [5, 5.41) is 0. The van der Waals surface area contributed by atoms with E-state index in [0.29, 0.717) is 17.9 Å². The van der Waals surface area contributed by atoms with Gasteiger partial charge in [0.15, 0.2) is 0 Å². The molecule has 1 aliphatic carbocycles. The smallest absolute Gasteiger partial charge is 0.225 e. The summed E-state index contributed by atoms with van der Waals surface area (Å²) in [5.74, 6) is 0.974. The molecule has 0 aromatic heterocycles. The number of hydrogen-bond donors (Lipinski definition) is 0. The molecule has 0 spiro atoms. The van der Waals surface area contributed by atoms with Crippen LogP contribution in [0.5, 0.6) is 0 Å². The number of hydrogen-bond acceptors (Lipinski definition) is 2. The Morgan fingerprint density at radius 1 is 1.25 bits per heavy atom.